The number of carbonyl (C=O) groups excluding carboxylic acids is 2. The highest BCUT2D eigenvalue weighted by Gasteiger charge is 2.25. The third-order valence-corrected chi connectivity index (χ3v) is 5.37. The fourth-order valence-electron chi connectivity index (χ4n) is 3.03. The average molecular weight is 445 g/mol. The zero-order chi connectivity index (χ0) is 20.5. The van der Waals surface area contributed by atoms with Crippen LogP contribution in [0.5, 0.6) is 0 Å². The molecule has 1 atom stereocenters. The molecule has 2 aromatic rings. The van der Waals surface area contributed by atoms with Crippen LogP contribution in [0, 0.1) is 0 Å². The number of aryl methyl sites for hydroxylation is 2. The molecule has 150 valence electrons. The first kappa shape index (κ1) is 22.2. The van der Waals surface area contributed by atoms with E-state index in [9.17, 15) is 9.59 Å². The standard InChI is InChI=1S/C23H29BrN2O2/c1-4-18-6-8-19(9-7-18)12-15-22(27)26(17(3)23(28)25-5-2)16-20-10-13-21(24)14-11-20/h6-11,13-14,17H,4-5,12,15-16H2,1-3H3,(H,25,28)/t17-/m1/s1. The van der Waals surface area contributed by atoms with Crippen LogP contribution in [-0.4, -0.2) is 29.3 Å². The van der Waals surface area contributed by atoms with Gasteiger partial charge in [0, 0.05) is 24.0 Å². The number of hydrogen-bond acceptors (Lipinski definition) is 2. The molecule has 0 fully saturated rings. The van der Waals surface area contributed by atoms with Crippen molar-refractivity contribution in [1.82, 2.24) is 10.2 Å². The Balaban J connectivity index is 2.10. The smallest absolute Gasteiger partial charge is 0.242 e. The maximum atomic E-state index is 13.0. The van der Waals surface area contributed by atoms with Crippen molar-refractivity contribution in [2.24, 2.45) is 0 Å². The van der Waals surface area contributed by atoms with E-state index in [2.05, 4.69) is 52.4 Å². The zero-order valence-corrected chi connectivity index (χ0v) is 18.5. The van der Waals surface area contributed by atoms with Gasteiger partial charge in [0.25, 0.3) is 0 Å². The minimum Gasteiger partial charge on any atom is -0.355 e. The van der Waals surface area contributed by atoms with Crippen molar-refractivity contribution in [3.8, 4) is 0 Å². The normalized spacial score (nSPS) is 11.7. The van der Waals surface area contributed by atoms with Crippen molar-refractivity contribution in [3.05, 3.63) is 69.7 Å². The number of hydrogen-bond donors (Lipinski definition) is 1. The molecule has 2 aromatic carbocycles. The van der Waals surface area contributed by atoms with E-state index in [-0.39, 0.29) is 11.8 Å². The Morgan fingerprint density at radius 1 is 0.964 bits per heavy atom. The van der Waals surface area contributed by atoms with Crippen molar-refractivity contribution in [1.29, 1.82) is 0 Å². The molecule has 4 nitrogen and oxygen atoms in total. The Labute approximate surface area is 176 Å². The molecule has 5 heteroatoms. The number of halogens is 1. The second-order valence-electron chi connectivity index (χ2n) is 6.89. The van der Waals surface area contributed by atoms with Gasteiger partial charge in [0.1, 0.15) is 6.04 Å². The van der Waals surface area contributed by atoms with Gasteiger partial charge in [-0.1, -0.05) is 59.3 Å². The Hall–Kier alpha value is -2.14. The number of rotatable bonds is 9. The first-order valence-electron chi connectivity index (χ1n) is 9.84. The molecule has 0 saturated carbocycles. The molecule has 0 unspecified atom stereocenters. The SMILES string of the molecule is CCNC(=O)[C@@H](C)N(Cc1ccc(Br)cc1)C(=O)CCc1ccc(CC)cc1. The van der Waals surface area contributed by atoms with Gasteiger partial charge >= 0.3 is 0 Å². The van der Waals surface area contributed by atoms with Crippen LogP contribution in [0.15, 0.2) is 53.0 Å². The van der Waals surface area contributed by atoms with E-state index in [0.29, 0.717) is 25.9 Å². The second kappa shape index (κ2) is 11.0. The average Bonchev–Trinajstić information content (AvgIpc) is 2.71. The summed E-state index contributed by atoms with van der Waals surface area (Å²) in [5.74, 6) is -0.137. The topological polar surface area (TPSA) is 49.4 Å². The lowest BCUT2D eigenvalue weighted by Crippen LogP contribution is -2.47. The molecule has 2 amide bonds. The van der Waals surface area contributed by atoms with Crippen LogP contribution < -0.4 is 5.32 Å². The van der Waals surface area contributed by atoms with E-state index in [1.807, 2.05) is 31.2 Å². The van der Waals surface area contributed by atoms with Gasteiger partial charge in [-0.05, 0) is 55.5 Å². The summed E-state index contributed by atoms with van der Waals surface area (Å²) in [5, 5.41) is 2.82. The van der Waals surface area contributed by atoms with Crippen LogP contribution in [0.3, 0.4) is 0 Å². The number of carbonyl (C=O) groups is 2. The van der Waals surface area contributed by atoms with Crippen molar-refractivity contribution in [2.75, 3.05) is 6.54 Å². The lowest BCUT2D eigenvalue weighted by Gasteiger charge is -2.29. The summed E-state index contributed by atoms with van der Waals surface area (Å²) < 4.78 is 0.987. The van der Waals surface area contributed by atoms with Gasteiger partial charge in [-0.15, -0.1) is 0 Å². The van der Waals surface area contributed by atoms with Gasteiger partial charge in [0.15, 0.2) is 0 Å². The van der Waals surface area contributed by atoms with Crippen LogP contribution in [0.1, 0.15) is 43.9 Å². The fraction of sp³-hybridized carbons (Fsp3) is 0.391. The van der Waals surface area contributed by atoms with E-state index in [1.54, 1.807) is 11.8 Å². The zero-order valence-electron chi connectivity index (χ0n) is 16.9. The predicted molar refractivity (Wildman–Crippen MR) is 117 cm³/mol. The molecule has 0 spiro atoms. The monoisotopic (exact) mass is 444 g/mol. The molecule has 1 N–H and O–H groups in total. The molecule has 0 heterocycles. The molecule has 0 radical (unpaired) electrons. The molecule has 0 aliphatic heterocycles. The summed E-state index contributed by atoms with van der Waals surface area (Å²) in [6, 6.07) is 15.7. The first-order chi connectivity index (χ1) is 13.4. The largest absolute Gasteiger partial charge is 0.355 e. The lowest BCUT2D eigenvalue weighted by molar-refractivity contribution is -0.140. The van der Waals surface area contributed by atoms with Crippen molar-refractivity contribution in [3.63, 3.8) is 0 Å². The van der Waals surface area contributed by atoms with Gasteiger partial charge in [-0.25, -0.2) is 0 Å². The second-order valence-corrected chi connectivity index (χ2v) is 7.80. The van der Waals surface area contributed by atoms with Gasteiger partial charge in [0.2, 0.25) is 11.8 Å². The summed E-state index contributed by atoms with van der Waals surface area (Å²) >= 11 is 3.43. The minimum atomic E-state index is -0.515. The third kappa shape index (κ3) is 6.48. The van der Waals surface area contributed by atoms with E-state index in [1.165, 1.54) is 5.56 Å². The molecule has 28 heavy (non-hydrogen) atoms. The van der Waals surface area contributed by atoms with Crippen molar-refractivity contribution >= 4 is 27.7 Å². The molecular weight excluding hydrogens is 416 g/mol. The van der Waals surface area contributed by atoms with Gasteiger partial charge < -0.3 is 10.2 Å². The van der Waals surface area contributed by atoms with Crippen LogP contribution >= 0.6 is 15.9 Å². The maximum Gasteiger partial charge on any atom is 0.242 e. The molecule has 0 aliphatic rings. The Bertz CT molecular complexity index is 772. The molecule has 0 aliphatic carbocycles. The van der Waals surface area contributed by atoms with Crippen LogP contribution in [0.25, 0.3) is 0 Å². The van der Waals surface area contributed by atoms with Gasteiger partial charge in [0.05, 0.1) is 0 Å². The van der Waals surface area contributed by atoms with Crippen LogP contribution in [0.2, 0.25) is 0 Å². The van der Waals surface area contributed by atoms with Crippen LogP contribution in [0.4, 0.5) is 0 Å². The first-order valence-corrected chi connectivity index (χ1v) is 10.6. The summed E-state index contributed by atoms with van der Waals surface area (Å²) in [5.41, 5.74) is 3.43. The molecule has 0 saturated heterocycles. The highest BCUT2D eigenvalue weighted by atomic mass is 79.9. The van der Waals surface area contributed by atoms with Crippen molar-refractivity contribution < 1.29 is 9.59 Å². The maximum absolute atomic E-state index is 13.0. The Morgan fingerprint density at radius 2 is 1.54 bits per heavy atom. The summed E-state index contributed by atoms with van der Waals surface area (Å²) in [6.07, 6.45) is 2.05. The molecule has 0 aromatic heterocycles. The van der Waals surface area contributed by atoms with E-state index >= 15 is 0 Å². The lowest BCUT2D eigenvalue weighted by atomic mass is 10.0. The van der Waals surface area contributed by atoms with E-state index in [4.69, 9.17) is 0 Å². The van der Waals surface area contributed by atoms with Gasteiger partial charge in [-0.2, -0.15) is 0 Å². The fourth-order valence-corrected chi connectivity index (χ4v) is 3.29. The number of amides is 2. The molecule has 2 rings (SSSR count). The number of likely N-dealkylation sites (N-methyl/N-ethyl adjacent to an activating group) is 1. The van der Waals surface area contributed by atoms with Crippen molar-refractivity contribution in [2.45, 2.75) is 52.6 Å². The summed E-state index contributed by atoms with van der Waals surface area (Å²) in [6.45, 7) is 6.76. The quantitative estimate of drug-likeness (QED) is 0.618. The van der Waals surface area contributed by atoms with Crippen LogP contribution in [-0.2, 0) is 29.0 Å². The highest BCUT2D eigenvalue weighted by molar-refractivity contribution is 9.10. The number of benzene rings is 2. The number of nitrogens with zero attached hydrogens (tertiary/aromatic N) is 1. The molecule has 0 bridgehead atoms. The van der Waals surface area contributed by atoms with E-state index in [0.717, 1.165) is 22.0 Å². The summed E-state index contributed by atoms with van der Waals surface area (Å²) in [4.78, 5) is 27.0. The van der Waals surface area contributed by atoms with E-state index < -0.39 is 6.04 Å². The van der Waals surface area contributed by atoms with Gasteiger partial charge in [-0.3, -0.25) is 9.59 Å². The third-order valence-electron chi connectivity index (χ3n) is 4.84. The Kier molecular flexibility index (Phi) is 8.71. The number of nitrogens with one attached hydrogen (secondary N) is 1. The highest BCUT2D eigenvalue weighted by Crippen LogP contribution is 2.16. The summed E-state index contributed by atoms with van der Waals surface area (Å²) in [7, 11) is 0. The Morgan fingerprint density at radius 3 is 2.11 bits per heavy atom. The molecular formula is C23H29BrN2O2. The predicted octanol–water partition coefficient (Wildman–Crippen LogP) is 4.50. The minimum absolute atomic E-state index is 0.0127.